The number of nitrogens with zero attached hydrogens (tertiary/aromatic N) is 2. The summed E-state index contributed by atoms with van der Waals surface area (Å²) < 4.78 is 13.8. The van der Waals surface area contributed by atoms with E-state index in [2.05, 4.69) is 46.3 Å². The van der Waals surface area contributed by atoms with Crippen molar-refractivity contribution in [2.24, 2.45) is 0 Å². The molecule has 4 rings (SSSR count). The molecule has 25 heavy (non-hydrogen) atoms. The maximum Gasteiger partial charge on any atom is 0.163 e. The Kier molecular flexibility index (Phi) is 4.57. The molecule has 0 bridgehead atoms. The van der Waals surface area contributed by atoms with E-state index in [1.807, 2.05) is 13.1 Å². The van der Waals surface area contributed by atoms with Crippen molar-refractivity contribution in [1.29, 1.82) is 0 Å². The summed E-state index contributed by atoms with van der Waals surface area (Å²) in [6.45, 7) is 3.00. The van der Waals surface area contributed by atoms with Gasteiger partial charge in [-0.3, -0.25) is 0 Å². The van der Waals surface area contributed by atoms with Crippen molar-refractivity contribution in [3.8, 4) is 11.5 Å². The Labute approximate surface area is 147 Å². The highest BCUT2D eigenvalue weighted by molar-refractivity contribution is 5.81. The van der Waals surface area contributed by atoms with Crippen LogP contribution in [0.4, 0.5) is 0 Å². The maximum atomic E-state index is 5.76. The minimum atomic E-state index is 0.597. The quantitative estimate of drug-likeness (QED) is 0.751. The molecule has 2 heterocycles. The summed E-state index contributed by atoms with van der Waals surface area (Å²) in [7, 11) is 1.97. The number of aromatic nitrogens is 2. The summed E-state index contributed by atoms with van der Waals surface area (Å²) in [5, 5.41) is 3.21. The van der Waals surface area contributed by atoms with Crippen LogP contribution in [0.1, 0.15) is 11.4 Å². The Hall–Kier alpha value is -2.53. The Balaban J connectivity index is 1.70. The van der Waals surface area contributed by atoms with Crippen molar-refractivity contribution in [3.63, 3.8) is 0 Å². The normalized spacial score (nSPS) is 13.3. The molecule has 1 aromatic heterocycles. The zero-order valence-corrected chi connectivity index (χ0v) is 14.5. The molecule has 0 spiro atoms. The summed E-state index contributed by atoms with van der Waals surface area (Å²) in [6.07, 6.45) is 1.87. The van der Waals surface area contributed by atoms with Crippen LogP contribution in [-0.4, -0.2) is 36.4 Å². The first-order chi connectivity index (χ1) is 12.3. The number of benzene rings is 2. The molecule has 5 heteroatoms. The highest BCUT2D eigenvalue weighted by Gasteiger charge is 2.18. The van der Waals surface area contributed by atoms with E-state index in [4.69, 9.17) is 14.5 Å². The molecule has 5 nitrogen and oxygen atoms in total. The summed E-state index contributed by atoms with van der Waals surface area (Å²) in [4.78, 5) is 4.86. The molecular formula is C20H23N3O2. The lowest BCUT2D eigenvalue weighted by Crippen LogP contribution is -2.16. The van der Waals surface area contributed by atoms with Crippen LogP contribution in [-0.2, 0) is 19.4 Å². The standard InChI is InChI=1S/C20H23N3O2/c1-21-9-7-20-22-16-13-18-19(25-12-11-24-18)14-17(16)23(20)10-8-15-5-3-2-4-6-15/h2-6,13-14,21H,7-12H2,1H3. The number of rotatable bonds is 6. The summed E-state index contributed by atoms with van der Waals surface area (Å²) >= 11 is 0. The van der Waals surface area contributed by atoms with Crippen molar-refractivity contribution >= 4 is 11.0 Å². The van der Waals surface area contributed by atoms with Crippen molar-refractivity contribution in [1.82, 2.24) is 14.9 Å². The summed E-state index contributed by atoms with van der Waals surface area (Å²) in [5.74, 6) is 2.72. The van der Waals surface area contributed by atoms with Crippen LogP contribution in [0.3, 0.4) is 0 Å². The van der Waals surface area contributed by atoms with Crippen LogP contribution in [0.15, 0.2) is 42.5 Å². The number of aryl methyl sites for hydroxylation is 2. The zero-order chi connectivity index (χ0) is 17.1. The van der Waals surface area contributed by atoms with Crippen LogP contribution in [0.5, 0.6) is 11.5 Å². The van der Waals surface area contributed by atoms with E-state index in [0.717, 1.165) is 54.3 Å². The van der Waals surface area contributed by atoms with E-state index in [9.17, 15) is 0 Å². The smallest absolute Gasteiger partial charge is 0.163 e. The minimum Gasteiger partial charge on any atom is -0.486 e. The Morgan fingerprint density at radius 3 is 2.56 bits per heavy atom. The second kappa shape index (κ2) is 7.15. The van der Waals surface area contributed by atoms with Crippen LogP contribution in [0.2, 0.25) is 0 Å². The Morgan fingerprint density at radius 2 is 1.80 bits per heavy atom. The molecule has 0 radical (unpaired) electrons. The molecule has 0 aliphatic carbocycles. The van der Waals surface area contributed by atoms with Gasteiger partial charge in [0.1, 0.15) is 19.0 Å². The van der Waals surface area contributed by atoms with Crippen molar-refractivity contribution in [2.45, 2.75) is 19.4 Å². The molecule has 1 aliphatic rings. The van der Waals surface area contributed by atoms with Gasteiger partial charge < -0.3 is 19.4 Å². The largest absolute Gasteiger partial charge is 0.486 e. The van der Waals surface area contributed by atoms with Crippen LogP contribution in [0, 0.1) is 0 Å². The van der Waals surface area contributed by atoms with E-state index < -0.39 is 0 Å². The molecule has 0 saturated heterocycles. The van der Waals surface area contributed by atoms with Gasteiger partial charge in [0.25, 0.3) is 0 Å². The van der Waals surface area contributed by atoms with E-state index in [-0.39, 0.29) is 0 Å². The second-order valence-electron chi connectivity index (χ2n) is 6.25. The van der Waals surface area contributed by atoms with Gasteiger partial charge in [-0.15, -0.1) is 0 Å². The van der Waals surface area contributed by atoms with E-state index >= 15 is 0 Å². The molecule has 1 aliphatic heterocycles. The van der Waals surface area contributed by atoms with Gasteiger partial charge >= 0.3 is 0 Å². The van der Waals surface area contributed by atoms with Crippen LogP contribution >= 0.6 is 0 Å². The SMILES string of the molecule is CNCCc1nc2cc3c(cc2n1CCc1ccccc1)OCCO3. The van der Waals surface area contributed by atoms with E-state index in [0.29, 0.717) is 13.2 Å². The lowest BCUT2D eigenvalue weighted by Gasteiger charge is -2.18. The summed E-state index contributed by atoms with van der Waals surface area (Å²) in [6, 6.07) is 14.7. The number of likely N-dealkylation sites (N-methyl/N-ethyl adjacent to an activating group) is 1. The topological polar surface area (TPSA) is 48.3 Å². The fraction of sp³-hybridized carbons (Fsp3) is 0.350. The third kappa shape index (κ3) is 3.33. The summed E-state index contributed by atoms with van der Waals surface area (Å²) in [5.41, 5.74) is 3.43. The molecule has 0 atom stereocenters. The molecular weight excluding hydrogens is 314 g/mol. The zero-order valence-electron chi connectivity index (χ0n) is 14.5. The van der Waals surface area contributed by atoms with E-state index in [1.165, 1.54) is 5.56 Å². The number of imidazole rings is 1. The van der Waals surface area contributed by atoms with Gasteiger partial charge in [-0.1, -0.05) is 30.3 Å². The predicted octanol–water partition coefficient (Wildman–Crippen LogP) is 2.81. The number of ether oxygens (including phenoxy) is 2. The predicted molar refractivity (Wildman–Crippen MR) is 98.5 cm³/mol. The third-order valence-electron chi connectivity index (χ3n) is 4.56. The molecule has 0 saturated carbocycles. The first kappa shape index (κ1) is 16.0. The maximum absolute atomic E-state index is 5.76. The molecule has 0 unspecified atom stereocenters. The van der Waals surface area contributed by atoms with Gasteiger partial charge in [0.05, 0.1) is 11.0 Å². The van der Waals surface area contributed by atoms with Gasteiger partial charge in [-0.25, -0.2) is 4.98 Å². The van der Waals surface area contributed by atoms with Gasteiger partial charge in [0.15, 0.2) is 11.5 Å². The fourth-order valence-corrected chi connectivity index (χ4v) is 3.27. The lowest BCUT2D eigenvalue weighted by molar-refractivity contribution is 0.172. The number of hydrogen-bond acceptors (Lipinski definition) is 4. The van der Waals surface area contributed by atoms with E-state index in [1.54, 1.807) is 0 Å². The first-order valence-electron chi connectivity index (χ1n) is 8.82. The first-order valence-corrected chi connectivity index (χ1v) is 8.82. The number of hydrogen-bond donors (Lipinski definition) is 1. The second-order valence-corrected chi connectivity index (χ2v) is 6.25. The van der Waals surface area contributed by atoms with Gasteiger partial charge in [0, 0.05) is 31.6 Å². The highest BCUT2D eigenvalue weighted by atomic mass is 16.6. The number of fused-ring (bicyclic) bond motifs is 2. The Bertz CT molecular complexity index is 858. The molecule has 0 amide bonds. The van der Waals surface area contributed by atoms with Crippen LogP contribution < -0.4 is 14.8 Å². The van der Waals surface area contributed by atoms with Crippen molar-refractivity contribution in [3.05, 3.63) is 53.9 Å². The molecule has 1 N–H and O–H groups in total. The lowest BCUT2D eigenvalue weighted by atomic mass is 10.1. The van der Waals surface area contributed by atoms with Gasteiger partial charge in [0.2, 0.25) is 0 Å². The van der Waals surface area contributed by atoms with Gasteiger partial charge in [-0.05, 0) is 19.0 Å². The third-order valence-corrected chi connectivity index (χ3v) is 4.56. The Morgan fingerprint density at radius 1 is 1.04 bits per heavy atom. The van der Waals surface area contributed by atoms with Crippen molar-refractivity contribution < 1.29 is 9.47 Å². The van der Waals surface area contributed by atoms with Gasteiger partial charge in [-0.2, -0.15) is 0 Å². The molecule has 130 valence electrons. The average molecular weight is 337 g/mol. The number of nitrogens with one attached hydrogen (secondary N) is 1. The minimum absolute atomic E-state index is 0.597. The monoisotopic (exact) mass is 337 g/mol. The molecule has 2 aromatic carbocycles. The molecule has 0 fully saturated rings. The van der Waals surface area contributed by atoms with Crippen molar-refractivity contribution in [2.75, 3.05) is 26.8 Å². The van der Waals surface area contributed by atoms with Crippen LogP contribution in [0.25, 0.3) is 11.0 Å². The average Bonchev–Trinajstić information content (AvgIpc) is 3.00. The molecule has 3 aromatic rings. The fourth-order valence-electron chi connectivity index (χ4n) is 3.27. The highest BCUT2D eigenvalue weighted by Crippen LogP contribution is 2.35.